The fourth-order valence-electron chi connectivity index (χ4n) is 3.00. The first-order valence-electron chi connectivity index (χ1n) is 8.30. The van der Waals surface area contributed by atoms with Gasteiger partial charge in [0.2, 0.25) is 10.0 Å². The predicted molar refractivity (Wildman–Crippen MR) is 99.3 cm³/mol. The van der Waals surface area contributed by atoms with Crippen molar-refractivity contribution in [1.82, 2.24) is 0 Å². The number of anilines is 1. The lowest BCUT2D eigenvalue weighted by Crippen LogP contribution is -2.21. The number of benzene rings is 2. The summed E-state index contributed by atoms with van der Waals surface area (Å²) in [7, 11) is -2.72. The average Bonchev–Trinajstić information content (AvgIpc) is 3.15. The van der Waals surface area contributed by atoms with Crippen molar-refractivity contribution in [3.63, 3.8) is 0 Å². The molecule has 0 radical (unpaired) electrons. The zero-order chi connectivity index (χ0) is 19.6. The third-order valence-corrected chi connectivity index (χ3v) is 5.21. The normalized spacial score (nSPS) is 14.2. The van der Waals surface area contributed by atoms with E-state index in [0.29, 0.717) is 30.3 Å². The van der Waals surface area contributed by atoms with Crippen molar-refractivity contribution in [1.29, 1.82) is 0 Å². The minimum atomic E-state index is -4.22. The molecule has 0 atom stereocenters. The highest BCUT2D eigenvalue weighted by molar-refractivity contribution is 7.89. The number of ether oxygens (including phenoxy) is 2. The van der Waals surface area contributed by atoms with Gasteiger partial charge in [-0.3, -0.25) is 0 Å². The van der Waals surface area contributed by atoms with E-state index >= 15 is 0 Å². The minimum Gasteiger partial charge on any atom is -0.497 e. The molecule has 144 valence electrons. The summed E-state index contributed by atoms with van der Waals surface area (Å²) in [6.45, 7) is 1.34. The van der Waals surface area contributed by atoms with Crippen molar-refractivity contribution in [3.05, 3.63) is 42.0 Å². The minimum absolute atomic E-state index is 0.0117. The molecular weight excluding hydrogens is 372 g/mol. The smallest absolute Gasteiger partial charge is 0.335 e. The van der Waals surface area contributed by atoms with Gasteiger partial charge in [-0.15, -0.1) is 0 Å². The molecule has 1 heterocycles. The van der Waals surface area contributed by atoms with E-state index in [-0.39, 0.29) is 16.2 Å². The van der Waals surface area contributed by atoms with Crippen molar-refractivity contribution in [2.45, 2.75) is 17.7 Å². The van der Waals surface area contributed by atoms with Gasteiger partial charge in [0.1, 0.15) is 16.4 Å². The highest BCUT2D eigenvalue weighted by atomic mass is 32.2. The number of hydrogen-bond acceptors (Lipinski definition) is 6. The van der Waals surface area contributed by atoms with E-state index in [9.17, 15) is 18.3 Å². The molecule has 1 saturated heterocycles. The Bertz CT molecular complexity index is 968. The van der Waals surface area contributed by atoms with Gasteiger partial charge in [-0.2, -0.15) is 0 Å². The molecule has 2 aromatic rings. The van der Waals surface area contributed by atoms with Gasteiger partial charge in [-0.25, -0.2) is 18.4 Å². The summed E-state index contributed by atoms with van der Waals surface area (Å²) in [4.78, 5) is 13.0. The standard InChI is InChI=1S/C18H20N2O6S/c1-25-13-5-4-6-14(11-13)26-17-15(20-7-2-3-8-20)9-12(18(21)22)10-16(17)27(19,23)24/h4-6,9-11H,2-3,7-8H2,1H3,(H,21,22)(H2,19,23,24). The zero-order valence-electron chi connectivity index (χ0n) is 14.7. The summed E-state index contributed by atoms with van der Waals surface area (Å²) in [5, 5.41) is 14.7. The highest BCUT2D eigenvalue weighted by Gasteiger charge is 2.27. The van der Waals surface area contributed by atoms with Crippen molar-refractivity contribution in [2.24, 2.45) is 5.14 Å². The van der Waals surface area contributed by atoms with Crippen molar-refractivity contribution in [3.8, 4) is 17.2 Å². The van der Waals surface area contributed by atoms with E-state index in [1.807, 2.05) is 4.90 Å². The summed E-state index contributed by atoms with van der Waals surface area (Å²) in [6, 6.07) is 9.11. The van der Waals surface area contributed by atoms with Crippen LogP contribution < -0.4 is 19.5 Å². The number of nitrogens with zero attached hydrogens (tertiary/aromatic N) is 1. The summed E-state index contributed by atoms with van der Waals surface area (Å²) in [5.74, 6) is -0.344. The van der Waals surface area contributed by atoms with Crippen molar-refractivity contribution >= 4 is 21.7 Å². The van der Waals surface area contributed by atoms with Gasteiger partial charge in [0.15, 0.2) is 5.75 Å². The Kier molecular flexibility index (Phi) is 5.24. The lowest BCUT2D eigenvalue weighted by atomic mass is 10.1. The maximum atomic E-state index is 12.2. The largest absolute Gasteiger partial charge is 0.497 e. The number of carboxylic acids is 1. The van der Waals surface area contributed by atoms with Crippen LogP contribution in [0.15, 0.2) is 41.3 Å². The van der Waals surface area contributed by atoms with Crippen molar-refractivity contribution < 1.29 is 27.8 Å². The number of carboxylic acid groups (broad SMARTS) is 1. The molecule has 3 rings (SSSR count). The van der Waals surface area contributed by atoms with Gasteiger partial charge < -0.3 is 19.5 Å². The Labute approximate surface area is 157 Å². The Morgan fingerprint density at radius 2 is 1.81 bits per heavy atom. The number of primary sulfonamides is 1. The molecule has 0 saturated carbocycles. The molecule has 1 aliphatic heterocycles. The monoisotopic (exact) mass is 392 g/mol. The number of rotatable bonds is 6. The van der Waals surface area contributed by atoms with Crippen LogP contribution in [-0.2, 0) is 10.0 Å². The molecule has 0 aromatic heterocycles. The second-order valence-corrected chi connectivity index (χ2v) is 7.68. The molecule has 9 heteroatoms. The molecule has 2 aromatic carbocycles. The van der Waals surface area contributed by atoms with Gasteiger partial charge in [-0.05, 0) is 37.1 Å². The molecule has 8 nitrogen and oxygen atoms in total. The zero-order valence-corrected chi connectivity index (χ0v) is 15.5. The second-order valence-electron chi connectivity index (χ2n) is 6.15. The Morgan fingerprint density at radius 3 is 2.41 bits per heavy atom. The summed E-state index contributed by atoms with van der Waals surface area (Å²) < 4.78 is 35.4. The first-order valence-corrected chi connectivity index (χ1v) is 9.85. The predicted octanol–water partition coefficient (Wildman–Crippen LogP) is 2.43. The molecule has 27 heavy (non-hydrogen) atoms. The molecule has 0 unspecified atom stereocenters. The summed E-state index contributed by atoms with van der Waals surface area (Å²) >= 11 is 0. The van der Waals surface area contributed by atoms with E-state index in [1.54, 1.807) is 24.3 Å². The third-order valence-electron chi connectivity index (χ3n) is 4.30. The molecular formula is C18H20N2O6S. The number of aromatic carboxylic acids is 1. The first-order chi connectivity index (χ1) is 12.8. The van der Waals surface area contributed by atoms with Crippen LogP contribution in [0.4, 0.5) is 5.69 Å². The van der Waals surface area contributed by atoms with Gasteiger partial charge in [0, 0.05) is 19.2 Å². The molecule has 0 aliphatic carbocycles. The van der Waals surface area contributed by atoms with Crippen LogP contribution in [0, 0.1) is 0 Å². The van der Waals surface area contributed by atoms with Gasteiger partial charge in [-0.1, -0.05) is 6.07 Å². The van der Waals surface area contributed by atoms with E-state index in [1.165, 1.54) is 13.2 Å². The van der Waals surface area contributed by atoms with Crippen LogP contribution in [-0.4, -0.2) is 39.7 Å². The first kappa shape index (κ1) is 19.0. The van der Waals surface area contributed by atoms with Crippen molar-refractivity contribution in [2.75, 3.05) is 25.1 Å². The van der Waals surface area contributed by atoms with Crippen LogP contribution in [0.3, 0.4) is 0 Å². The summed E-state index contributed by atoms with van der Waals surface area (Å²) in [6.07, 6.45) is 1.83. The molecule has 3 N–H and O–H groups in total. The van der Waals surface area contributed by atoms with E-state index in [0.717, 1.165) is 18.9 Å². The van der Waals surface area contributed by atoms with Crippen LogP contribution in [0.2, 0.25) is 0 Å². The van der Waals surface area contributed by atoms with Gasteiger partial charge in [0.25, 0.3) is 0 Å². The lowest BCUT2D eigenvalue weighted by Gasteiger charge is -2.23. The van der Waals surface area contributed by atoms with E-state index in [2.05, 4.69) is 0 Å². The number of nitrogens with two attached hydrogens (primary N) is 1. The quantitative estimate of drug-likeness (QED) is 0.775. The Morgan fingerprint density at radius 1 is 1.15 bits per heavy atom. The molecule has 0 bridgehead atoms. The molecule has 0 amide bonds. The fraction of sp³-hybridized carbons (Fsp3) is 0.278. The highest BCUT2D eigenvalue weighted by Crippen LogP contribution is 2.41. The van der Waals surface area contributed by atoms with Crippen LogP contribution in [0.5, 0.6) is 17.2 Å². The number of sulfonamides is 1. The number of carbonyl (C=O) groups is 1. The molecule has 0 spiro atoms. The van der Waals surface area contributed by atoms with Crippen LogP contribution in [0.1, 0.15) is 23.2 Å². The molecule has 1 fully saturated rings. The SMILES string of the molecule is COc1cccc(Oc2c(N3CCCC3)cc(C(=O)O)cc2S(N)(=O)=O)c1. The average molecular weight is 392 g/mol. The van der Waals surface area contributed by atoms with E-state index < -0.39 is 16.0 Å². The van der Waals surface area contributed by atoms with Crippen LogP contribution in [0.25, 0.3) is 0 Å². The maximum absolute atomic E-state index is 12.2. The number of hydrogen-bond donors (Lipinski definition) is 2. The maximum Gasteiger partial charge on any atom is 0.335 e. The molecule has 1 aliphatic rings. The fourth-order valence-corrected chi connectivity index (χ4v) is 3.70. The Balaban J connectivity index is 2.20. The second kappa shape index (κ2) is 7.45. The van der Waals surface area contributed by atoms with Gasteiger partial charge in [0.05, 0.1) is 18.4 Å². The third kappa shape index (κ3) is 4.15. The summed E-state index contributed by atoms with van der Waals surface area (Å²) in [5.41, 5.74) is 0.221. The topological polar surface area (TPSA) is 119 Å². The van der Waals surface area contributed by atoms with E-state index in [4.69, 9.17) is 14.6 Å². The Hall–Kier alpha value is -2.78. The number of methoxy groups -OCH3 is 1. The van der Waals surface area contributed by atoms with Crippen LogP contribution >= 0.6 is 0 Å². The van der Waals surface area contributed by atoms with Gasteiger partial charge >= 0.3 is 5.97 Å². The lowest BCUT2D eigenvalue weighted by molar-refractivity contribution is 0.0696.